The number of carbonyl (C=O) groups is 1. The van der Waals surface area contributed by atoms with Crippen LogP contribution in [-0.2, 0) is 11.3 Å². The van der Waals surface area contributed by atoms with E-state index in [0.29, 0.717) is 13.0 Å². The van der Waals surface area contributed by atoms with Crippen LogP contribution in [0.25, 0.3) is 10.9 Å². The average molecular weight is 350 g/mol. The number of benzene rings is 1. The van der Waals surface area contributed by atoms with Gasteiger partial charge in [-0.2, -0.15) is 5.10 Å². The zero-order chi connectivity index (χ0) is 17.9. The number of nitrogens with zero attached hydrogens (tertiary/aromatic N) is 3. The molecular formula is C19H22N6O. The van der Waals surface area contributed by atoms with Crippen LogP contribution in [0.3, 0.4) is 0 Å². The molecule has 0 aliphatic carbocycles. The maximum Gasteiger partial charge on any atom is 0.223 e. The van der Waals surface area contributed by atoms with Crippen molar-refractivity contribution in [1.29, 1.82) is 0 Å². The van der Waals surface area contributed by atoms with E-state index in [2.05, 4.69) is 39.2 Å². The van der Waals surface area contributed by atoms with Crippen molar-refractivity contribution in [3.8, 4) is 0 Å². The summed E-state index contributed by atoms with van der Waals surface area (Å²) in [4.78, 5) is 16.3. The highest BCUT2D eigenvalue weighted by molar-refractivity contribution is 5.82. The number of amides is 1. The molecule has 2 atom stereocenters. The zero-order valence-electron chi connectivity index (χ0n) is 14.6. The van der Waals surface area contributed by atoms with Crippen molar-refractivity contribution in [3.05, 3.63) is 60.0 Å². The fourth-order valence-corrected chi connectivity index (χ4v) is 3.36. The van der Waals surface area contributed by atoms with Gasteiger partial charge in [0.15, 0.2) is 0 Å². The summed E-state index contributed by atoms with van der Waals surface area (Å²) in [6, 6.07) is 10.3. The number of rotatable bonds is 5. The van der Waals surface area contributed by atoms with Crippen LogP contribution >= 0.6 is 0 Å². The SMILES string of the molecule is Cc1cccc2c1cnn2CCC(=O)NC1CC(c2ccncc2)NN1. The number of carbonyl (C=O) groups excluding carboxylic acids is 1. The highest BCUT2D eigenvalue weighted by Crippen LogP contribution is 2.20. The Morgan fingerprint density at radius 3 is 2.96 bits per heavy atom. The van der Waals surface area contributed by atoms with E-state index in [1.165, 1.54) is 5.56 Å². The summed E-state index contributed by atoms with van der Waals surface area (Å²) >= 11 is 0. The third-order valence-corrected chi connectivity index (χ3v) is 4.80. The summed E-state index contributed by atoms with van der Waals surface area (Å²) in [7, 11) is 0. The van der Waals surface area contributed by atoms with Crippen LogP contribution < -0.4 is 16.2 Å². The lowest BCUT2D eigenvalue weighted by molar-refractivity contribution is -0.122. The first-order valence-corrected chi connectivity index (χ1v) is 8.82. The van der Waals surface area contributed by atoms with E-state index in [0.717, 1.165) is 22.9 Å². The van der Waals surface area contributed by atoms with Crippen molar-refractivity contribution in [2.45, 2.75) is 38.5 Å². The van der Waals surface area contributed by atoms with Crippen LogP contribution in [0, 0.1) is 6.92 Å². The van der Waals surface area contributed by atoms with Crippen molar-refractivity contribution >= 4 is 16.8 Å². The summed E-state index contributed by atoms with van der Waals surface area (Å²) in [6.07, 6.45) is 6.52. The van der Waals surface area contributed by atoms with Crippen molar-refractivity contribution < 1.29 is 4.79 Å². The van der Waals surface area contributed by atoms with Gasteiger partial charge in [0.25, 0.3) is 0 Å². The minimum absolute atomic E-state index is 0.0102. The predicted molar refractivity (Wildman–Crippen MR) is 98.9 cm³/mol. The third kappa shape index (κ3) is 3.44. The van der Waals surface area contributed by atoms with Gasteiger partial charge in [0, 0.05) is 36.7 Å². The Hall–Kier alpha value is -2.77. The van der Waals surface area contributed by atoms with Gasteiger partial charge in [0.2, 0.25) is 5.91 Å². The predicted octanol–water partition coefficient (Wildman–Crippen LogP) is 1.81. The first kappa shape index (κ1) is 16.7. The van der Waals surface area contributed by atoms with Crippen molar-refractivity contribution in [3.63, 3.8) is 0 Å². The molecule has 1 aliphatic rings. The molecule has 3 heterocycles. The van der Waals surface area contributed by atoms with E-state index < -0.39 is 0 Å². The second-order valence-electron chi connectivity index (χ2n) is 6.60. The van der Waals surface area contributed by atoms with E-state index in [4.69, 9.17) is 0 Å². The quantitative estimate of drug-likeness (QED) is 0.654. The fourth-order valence-electron chi connectivity index (χ4n) is 3.36. The van der Waals surface area contributed by atoms with Crippen LogP contribution in [0.5, 0.6) is 0 Å². The molecule has 0 radical (unpaired) electrons. The van der Waals surface area contributed by atoms with Gasteiger partial charge in [-0.25, -0.2) is 10.9 Å². The van der Waals surface area contributed by atoms with E-state index in [1.807, 2.05) is 35.1 Å². The summed E-state index contributed by atoms with van der Waals surface area (Å²) < 4.78 is 1.89. The number of fused-ring (bicyclic) bond motifs is 1. The lowest BCUT2D eigenvalue weighted by Gasteiger charge is -2.12. The van der Waals surface area contributed by atoms with Gasteiger partial charge in [-0.3, -0.25) is 14.5 Å². The molecule has 2 aromatic heterocycles. The minimum atomic E-state index is -0.0859. The molecule has 0 spiro atoms. The number of hydrazine groups is 1. The molecule has 1 aromatic carbocycles. The van der Waals surface area contributed by atoms with Crippen LogP contribution in [0.4, 0.5) is 0 Å². The highest BCUT2D eigenvalue weighted by atomic mass is 16.1. The molecule has 3 aromatic rings. The maximum atomic E-state index is 12.3. The summed E-state index contributed by atoms with van der Waals surface area (Å²) in [5.74, 6) is 0.0102. The number of aryl methyl sites for hydroxylation is 2. The van der Waals surface area contributed by atoms with Crippen molar-refractivity contribution in [2.24, 2.45) is 0 Å². The van der Waals surface area contributed by atoms with Crippen LogP contribution in [0.15, 0.2) is 48.9 Å². The molecule has 3 N–H and O–H groups in total. The number of pyridine rings is 1. The molecule has 7 heteroatoms. The monoisotopic (exact) mass is 350 g/mol. The first-order valence-electron chi connectivity index (χ1n) is 8.82. The van der Waals surface area contributed by atoms with Crippen LogP contribution in [0.1, 0.15) is 30.0 Å². The largest absolute Gasteiger partial charge is 0.339 e. The molecule has 1 amide bonds. The molecule has 1 fully saturated rings. The first-order chi connectivity index (χ1) is 12.7. The van der Waals surface area contributed by atoms with E-state index >= 15 is 0 Å². The lowest BCUT2D eigenvalue weighted by Crippen LogP contribution is -2.44. The third-order valence-electron chi connectivity index (χ3n) is 4.80. The average Bonchev–Trinajstić information content (AvgIpc) is 3.29. The molecule has 1 saturated heterocycles. The van der Waals surface area contributed by atoms with Crippen molar-refractivity contribution in [2.75, 3.05) is 0 Å². The molecule has 134 valence electrons. The van der Waals surface area contributed by atoms with Gasteiger partial charge in [0.1, 0.15) is 0 Å². The zero-order valence-corrected chi connectivity index (χ0v) is 14.6. The molecule has 7 nitrogen and oxygen atoms in total. The Morgan fingerprint density at radius 1 is 1.27 bits per heavy atom. The summed E-state index contributed by atoms with van der Waals surface area (Å²) in [6.45, 7) is 2.63. The van der Waals surface area contributed by atoms with Crippen molar-refractivity contribution in [1.82, 2.24) is 30.9 Å². The van der Waals surface area contributed by atoms with Gasteiger partial charge in [-0.1, -0.05) is 12.1 Å². The second kappa shape index (κ2) is 7.23. The number of nitrogens with one attached hydrogen (secondary N) is 3. The van der Waals surface area contributed by atoms with E-state index in [9.17, 15) is 4.79 Å². The molecule has 1 aliphatic heterocycles. The Morgan fingerprint density at radius 2 is 2.12 bits per heavy atom. The number of aromatic nitrogens is 3. The van der Waals surface area contributed by atoms with Gasteiger partial charge in [-0.05, 0) is 36.2 Å². The Balaban J connectivity index is 1.31. The molecule has 4 rings (SSSR count). The molecule has 2 unspecified atom stereocenters. The van der Waals surface area contributed by atoms with E-state index in [-0.39, 0.29) is 18.1 Å². The molecule has 26 heavy (non-hydrogen) atoms. The Bertz CT molecular complexity index is 907. The van der Waals surface area contributed by atoms with Gasteiger partial charge < -0.3 is 5.32 Å². The standard InChI is InChI=1S/C19H22N6O/c1-13-3-2-4-17-15(13)12-21-25(17)10-7-19(26)22-18-11-16(23-24-18)14-5-8-20-9-6-14/h2-6,8-9,12,16,18,23-24H,7,10-11H2,1H3,(H,22,26). The van der Waals surface area contributed by atoms with Crippen LogP contribution in [-0.4, -0.2) is 26.8 Å². The maximum absolute atomic E-state index is 12.3. The molecular weight excluding hydrogens is 328 g/mol. The minimum Gasteiger partial charge on any atom is -0.339 e. The second-order valence-corrected chi connectivity index (χ2v) is 6.60. The normalized spacial score (nSPS) is 19.7. The lowest BCUT2D eigenvalue weighted by atomic mass is 10.1. The topological polar surface area (TPSA) is 83.9 Å². The van der Waals surface area contributed by atoms with Gasteiger partial charge in [-0.15, -0.1) is 0 Å². The number of hydrogen-bond acceptors (Lipinski definition) is 5. The summed E-state index contributed by atoms with van der Waals surface area (Å²) in [5.41, 5.74) is 9.78. The van der Waals surface area contributed by atoms with Gasteiger partial charge >= 0.3 is 0 Å². The van der Waals surface area contributed by atoms with E-state index in [1.54, 1.807) is 12.4 Å². The highest BCUT2D eigenvalue weighted by Gasteiger charge is 2.25. The molecule has 0 saturated carbocycles. The summed E-state index contributed by atoms with van der Waals surface area (Å²) in [5, 5.41) is 8.58. The smallest absolute Gasteiger partial charge is 0.223 e. The fraction of sp³-hybridized carbons (Fsp3) is 0.316. The van der Waals surface area contributed by atoms with Gasteiger partial charge in [0.05, 0.1) is 24.4 Å². The Kier molecular flexibility index (Phi) is 4.64. The molecule has 0 bridgehead atoms. The van der Waals surface area contributed by atoms with Crippen LogP contribution in [0.2, 0.25) is 0 Å². The Labute approximate surface area is 151 Å². The number of hydrogen-bond donors (Lipinski definition) is 3.